The van der Waals surface area contributed by atoms with Crippen molar-refractivity contribution in [1.82, 2.24) is 0 Å². The monoisotopic (exact) mass is 466 g/mol. The molecule has 16 heteroatoms. The van der Waals surface area contributed by atoms with E-state index in [9.17, 15) is 46.2 Å². The maximum absolute atomic E-state index is 11.6. The second-order valence-corrected chi connectivity index (χ2v) is 9.97. The highest BCUT2D eigenvalue weighted by Gasteiger charge is 2.37. The average molecular weight is 466 g/mol. The van der Waals surface area contributed by atoms with Crippen molar-refractivity contribution in [2.75, 3.05) is 0 Å². The van der Waals surface area contributed by atoms with Crippen LogP contribution in [0.2, 0.25) is 0 Å². The molecule has 2 aromatic carbocycles. The quantitative estimate of drug-likeness (QED) is 0.324. The first-order chi connectivity index (χ1) is 12.8. The lowest BCUT2D eigenvalue weighted by Gasteiger charge is -2.21. The Kier molecular flexibility index (Phi) is 4.89. The van der Waals surface area contributed by atoms with E-state index < -0.39 is 51.2 Å². The average Bonchev–Trinajstić information content (AvgIpc) is 2.55. The first kappa shape index (κ1) is 20.5. The molecule has 0 saturated heterocycles. The second kappa shape index (κ2) is 6.68. The van der Waals surface area contributed by atoms with Crippen LogP contribution < -0.4 is 0 Å². The van der Waals surface area contributed by atoms with Crippen molar-refractivity contribution in [3.8, 4) is 0 Å². The van der Waals surface area contributed by atoms with Gasteiger partial charge in [-0.15, -0.1) is 0 Å². The van der Waals surface area contributed by atoms with Crippen molar-refractivity contribution in [3.63, 3.8) is 0 Å². The van der Waals surface area contributed by atoms with Crippen LogP contribution in [0.25, 0.3) is 0 Å². The minimum atomic E-state index is -4.87. The summed E-state index contributed by atoms with van der Waals surface area (Å²) in [4.78, 5) is 17.9. The van der Waals surface area contributed by atoms with Gasteiger partial charge in [0.25, 0.3) is 31.6 Å². The highest BCUT2D eigenvalue weighted by Crippen LogP contribution is 2.57. The maximum atomic E-state index is 11.6. The van der Waals surface area contributed by atoms with Gasteiger partial charge in [0.05, 0.1) is 19.6 Å². The predicted molar refractivity (Wildman–Crippen MR) is 94.1 cm³/mol. The summed E-state index contributed by atoms with van der Waals surface area (Å²) < 4.78 is 65.4. The highest BCUT2D eigenvalue weighted by molar-refractivity contribution is 8.05. The standard InChI is InChI=1S/C12H6N2O10S4/c15-13(16)5-1-3-7(27(19,20)21)11-9(5)25-10-6(14(17)18)2-4-8(12(10)26-11)28(22,23)24/h1-4H,(H,19,20,21)(H,22,23,24). The Hall–Kier alpha value is -2.24. The lowest BCUT2D eigenvalue weighted by molar-refractivity contribution is -0.388. The normalized spacial score (nSPS) is 13.5. The molecule has 0 saturated carbocycles. The number of nitro benzene ring substituents is 2. The Balaban J connectivity index is 2.42. The van der Waals surface area contributed by atoms with E-state index >= 15 is 0 Å². The molecule has 148 valence electrons. The van der Waals surface area contributed by atoms with E-state index in [2.05, 4.69) is 0 Å². The summed E-state index contributed by atoms with van der Waals surface area (Å²) in [6, 6.07) is 3.13. The first-order valence-electron chi connectivity index (χ1n) is 6.76. The predicted octanol–water partition coefficient (Wildman–Crippen LogP) is 2.61. The molecule has 2 aromatic rings. The van der Waals surface area contributed by atoms with E-state index in [-0.39, 0.29) is 19.6 Å². The SMILES string of the molecule is O=[N+]([O-])c1ccc(S(=O)(=O)O)c2c1Sc1c([N+](=O)[O-])ccc(S(=O)(=O)O)c1S2. The minimum absolute atomic E-state index is 0.326. The molecule has 0 spiro atoms. The van der Waals surface area contributed by atoms with E-state index in [1.165, 1.54) is 0 Å². The van der Waals surface area contributed by atoms with Crippen LogP contribution in [0, 0.1) is 20.2 Å². The Morgan fingerprint density at radius 1 is 0.679 bits per heavy atom. The molecule has 0 aliphatic carbocycles. The molecule has 12 nitrogen and oxygen atoms in total. The lowest BCUT2D eigenvalue weighted by Crippen LogP contribution is -2.09. The van der Waals surface area contributed by atoms with Crippen LogP contribution in [0.1, 0.15) is 0 Å². The van der Waals surface area contributed by atoms with Crippen molar-refractivity contribution < 1.29 is 35.8 Å². The molecular formula is C12H6N2O10S4. The molecule has 0 atom stereocenters. The van der Waals surface area contributed by atoms with E-state index in [0.29, 0.717) is 23.5 Å². The number of hydrogen-bond acceptors (Lipinski definition) is 10. The lowest BCUT2D eigenvalue weighted by atomic mass is 10.3. The molecule has 2 N–H and O–H groups in total. The maximum Gasteiger partial charge on any atom is 0.295 e. The van der Waals surface area contributed by atoms with Crippen molar-refractivity contribution in [1.29, 1.82) is 0 Å². The van der Waals surface area contributed by atoms with Gasteiger partial charge >= 0.3 is 0 Å². The van der Waals surface area contributed by atoms with Gasteiger partial charge in [-0.1, -0.05) is 23.5 Å². The fourth-order valence-electron chi connectivity index (χ4n) is 2.36. The highest BCUT2D eigenvalue weighted by atomic mass is 32.2. The molecule has 1 aliphatic heterocycles. The topological polar surface area (TPSA) is 195 Å². The number of rotatable bonds is 4. The molecule has 0 unspecified atom stereocenters. The number of nitrogens with zero attached hydrogens (tertiary/aromatic N) is 2. The molecule has 0 aromatic heterocycles. The third kappa shape index (κ3) is 3.45. The van der Waals surface area contributed by atoms with Crippen LogP contribution in [-0.2, 0) is 20.2 Å². The van der Waals surface area contributed by atoms with Crippen LogP contribution in [0.15, 0.2) is 53.6 Å². The molecule has 0 radical (unpaired) electrons. The van der Waals surface area contributed by atoms with Gasteiger partial charge in [-0.25, -0.2) is 0 Å². The number of benzene rings is 2. The zero-order valence-electron chi connectivity index (χ0n) is 13.0. The molecule has 1 aliphatic rings. The van der Waals surface area contributed by atoms with Crippen molar-refractivity contribution in [2.24, 2.45) is 0 Å². The van der Waals surface area contributed by atoms with Gasteiger partial charge in [0, 0.05) is 12.1 Å². The van der Waals surface area contributed by atoms with Gasteiger partial charge in [-0.05, 0) is 12.1 Å². The molecule has 28 heavy (non-hydrogen) atoms. The summed E-state index contributed by atoms with van der Waals surface area (Å²) in [5.74, 6) is 0. The van der Waals surface area contributed by atoms with Gasteiger partial charge in [0.2, 0.25) is 0 Å². The fraction of sp³-hybridized carbons (Fsp3) is 0. The second-order valence-electron chi connectivity index (χ2n) is 5.15. The number of fused-ring (bicyclic) bond motifs is 2. The summed E-state index contributed by atoms with van der Waals surface area (Å²) in [5, 5.41) is 22.6. The van der Waals surface area contributed by atoms with Gasteiger partial charge < -0.3 is 0 Å². The summed E-state index contributed by atoms with van der Waals surface area (Å²) in [6.45, 7) is 0. The summed E-state index contributed by atoms with van der Waals surface area (Å²) in [7, 11) is -9.73. The zero-order valence-corrected chi connectivity index (χ0v) is 16.3. The smallest absolute Gasteiger partial charge is 0.282 e. The minimum Gasteiger partial charge on any atom is -0.282 e. The Bertz CT molecular complexity index is 1170. The van der Waals surface area contributed by atoms with Gasteiger partial charge in [-0.3, -0.25) is 29.3 Å². The Labute approximate surface area is 164 Å². The number of hydrogen-bond donors (Lipinski definition) is 2. The van der Waals surface area contributed by atoms with Crippen LogP contribution >= 0.6 is 23.5 Å². The van der Waals surface area contributed by atoms with E-state index in [1.807, 2.05) is 0 Å². The molecule has 0 amide bonds. The van der Waals surface area contributed by atoms with E-state index in [0.717, 1.165) is 24.3 Å². The summed E-state index contributed by atoms with van der Waals surface area (Å²) >= 11 is 0.742. The first-order valence-corrected chi connectivity index (χ1v) is 11.3. The molecule has 0 bridgehead atoms. The Morgan fingerprint density at radius 2 is 1.00 bits per heavy atom. The van der Waals surface area contributed by atoms with Crippen LogP contribution in [0.3, 0.4) is 0 Å². The van der Waals surface area contributed by atoms with Gasteiger partial charge in [-0.2, -0.15) is 16.8 Å². The summed E-state index contributed by atoms with van der Waals surface area (Å²) in [6.07, 6.45) is 0. The molecular weight excluding hydrogens is 460 g/mol. The van der Waals surface area contributed by atoms with Gasteiger partial charge in [0.1, 0.15) is 19.6 Å². The van der Waals surface area contributed by atoms with Crippen molar-refractivity contribution >= 4 is 55.1 Å². The van der Waals surface area contributed by atoms with Crippen LogP contribution in [0.5, 0.6) is 0 Å². The third-order valence-electron chi connectivity index (χ3n) is 3.47. The molecule has 0 fully saturated rings. The molecule has 1 heterocycles. The largest absolute Gasteiger partial charge is 0.295 e. The molecule has 3 rings (SSSR count). The van der Waals surface area contributed by atoms with Crippen molar-refractivity contribution in [2.45, 2.75) is 29.4 Å². The Morgan fingerprint density at radius 3 is 1.29 bits per heavy atom. The third-order valence-corrected chi connectivity index (χ3v) is 8.27. The van der Waals surface area contributed by atoms with E-state index in [4.69, 9.17) is 0 Å². The summed E-state index contributed by atoms with van der Waals surface area (Å²) in [5.41, 5.74) is -1.20. The number of nitro groups is 2. The zero-order chi connectivity index (χ0) is 21.0. The van der Waals surface area contributed by atoms with Crippen molar-refractivity contribution in [3.05, 3.63) is 44.5 Å². The van der Waals surface area contributed by atoms with Gasteiger partial charge in [0.15, 0.2) is 0 Å². The fourth-order valence-corrected chi connectivity index (χ4v) is 7.06. The van der Waals surface area contributed by atoms with Crippen LogP contribution in [0.4, 0.5) is 11.4 Å². The van der Waals surface area contributed by atoms with Crippen LogP contribution in [-0.4, -0.2) is 35.8 Å². The van der Waals surface area contributed by atoms with E-state index in [1.54, 1.807) is 0 Å².